The van der Waals surface area contributed by atoms with E-state index in [1.54, 1.807) is 0 Å². The van der Waals surface area contributed by atoms with Crippen LogP contribution < -0.4 is 4.90 Å². The van der Waals surface area contributed by atoms with Crippen molar-refractivity contribution < 1.29 is 0 Å². The molecule has 0 fully saturated rings. The van der Waals surface area contributed by atoms with Crippen LogP contribution in [0, 0.1) is 13.8 Å². The van der Waals surface area contributed by atoms with Crippen LogP contribution in [-0.2, 0) is 0 Å². The maximum Gasteiger partial charge on any atom is 0.139 e. The van der Waals surface area contributed by atoms with E-state index in [4.69, 9.17) is 9.97 Å². The van der Waals surface area contributed by atoms with Crippen LogP contribution in [0.3, 0.4) is 0 Å². The van der Waals surface area contributed by atoms with E-state index in [9.17, 15) is 0 Å². The standard InChI is InChI=1S/C30H25N3/c1-22-12-9-13-23(2)30(22)33(28-20-10-18-26(31-28)24-14-5-3-6-15-24)29-21-11-19-27(32-29)25-16-7-4-8-17-25/h3-21H,1-2H3. The summed E-state index contributed by atoms with van der Waals surface area (Å²) in [5.41, 5.74) is 7.50. The average Bonchev–Trinajstić information content (AvgIpc) is 2.87. The second-order valence-corrected chi connectivity index (χ2v) is 8.07. The second kappa shape index (κ2) is 9.09. The molecule has 2 heterocycles. The molecule has 5 rings (SSSR count). The molecule has 3 nitrogen and oxygen atoms in total. The van der Waals surface area contributed by atoms with E-state index in [2.05, 4.69) is 97.6 Å². The zero-order valence-corrected chi connectivity index (χ0v) is 18.8. The summed E-state index contributed by atoms with van der Waals surface area (Å²) >= 11 is 0. The molecule has 0 aliphatic rings. The fourth-order valence-corrected chi connectivity index (χ4v) is 4.14. The van der Waals surface area contributed by atoms with Crippen LogP contribution in [-0.4, -0.2) is 9.97 Å². The quantitative estimate of drug-likeness (QED) is 0.285. The van der Waals surface area contributed by atoms with Gasteiger partial charge in [0.05, 0.1) is 17.1 Å². The zero-order chi connectivity index (χ0) is 22.6. The molecule has 0 saturated carbocycles. The molecule has 3 aromatic carbocycles. The molecule has 5 aromatic rings. The third-order valence-corrected chi connectivity index (χ3v) is 5.73. The molecular formula is C30H25N3. The van der Waals surface area contributed by atoms with Crippen LogP contribution in [0.4, 0.5) is 17.3 Å². The largest absolute Gasteiger partial charge is 0.278 e. The number of anilines is 3. The molecule has 33 heavy (non-hydrogen) atoms. The Bertz CT molecular complexity index is 1280. The van der Waals surface area contributed by atoms with Crippen LogP contribution >= 0.6 is 0 Å². The monoisotopic (exact) mass is 427 g/mol. The van der Waals surface area contributed by atoms with Gasteiger partial charge in [-0.3, -0.25) is 4.90 Å². The highest BCUT2D eigenvalue weighted by Gasteiger charge is 2.20. The van der Waals surface area contributed by atoms with Crippen LogP contribution in [0.15, 0.2) is 115 Å². The molecule has 0 aliphatic carbocycles. The summed E-state index contributed by atoms with van der Waals surface area (Å²) in [6.07, 6.45) is 0. The van der Waals surface area contributed by atoms with Gasteiger partial charge in [-0.1, -0.05) is 91.0 Å². The molecule has 0 bridgehead atoms. The maximum absolute atomic E-state index is 5.07. The number of aryl methyl sites for hydroxylation is 2. The first-order chi connectivity index (χ1) is 16.2. The maximum atomic E-state index is 5.07. The van der Waals surface area contributed by atoms with Crippen molar-refractivity contribution in [2.45, 2.75) is 13.8 Å². The van der Waals surface area contributed by atoms with Crippen molar-refractivity contribution in [3.05, 3.63) is 126 Å². The number of benzene rings is 3. The van der Waals surface area contributed by atoms with E-state index >= 15 is 0 Å². The summed E-state index contributed by atoms with van der Waals surface area (Å²) in [4.78, 5) is 12.3. The van der Waals surface area contributed by atoms with Gasteiger partial charge in [-0.2, -0.15) is 0 Å². The molecule has 0 amide bonds. The zero-order valence-electron chi connectivity index (χ0n) is 18.8. The Hall–Kier alpha value is -4.24. The van der Waals surface area contributed by atoms with E-state index in [-0.39, 0.29) is 0 Å². The molecule has 0 aliphatic heterocycles. The highest BCUT2D eigenvalue weighted by molar-refractivity contribution is 5.79. The summed E-state index contributed by atoms with van der Waals surface area (Å²) in [5.74, 6) is 1.68. The number of aromatic nitrogens is 2. The highest BCUT2D eigenvalue weighted by Crippen LogP contribution is 2.38. The predicted molar refractivity (Wildman–Crippen MR) is 137 cm³/mol. The van der Waals surface area contributed by atoms with E-state index in [0.29, 0.717) is 0 Å². The van der Waals surface area contributed by atoms with Crippen LogP contribution in [0.5, 0.6) is 0 Å². The smallest absolute Gasteiger partial charge is 0.139 e. The molecule has 0 radical (unpaired) electrons. The molecule has 0 N–H and O–H groups in total. The van der Waals surface area contributed by atoms with Crippen LogP contribution in [0.2, 0.25) is 0 Å². The van der Waals surface area contributed by atoms with Crippen molar-refractivity contribution in [2.24, 2.45) is 0 Å². The third-order valence-electron chi connectivity index (χ3n) is 5.73. The van der Waals surface area contributed by atoms with Gasteiger partial charge in [0.1, 0.15) is 11.6 Å². The number of pyridine rings is 2. The summed E-state index contributed by atoms with van der Waals surface area (Å²) in [6.45, 7) is 4.27. The normalized spacial score (nSPS) is 10.7. The Morgan fingerprint density at radius 3 is 1.33 bits per heavy atom. The van der Waals surface area contributed by atoms with Gasteiger partial charge in [0.2, 0.25) is 0 Å². The Kier molecular flexibility index (Phi) is 5.69. The minimum Gasteiger partial charge on any atom is -0.278 e. The van der Waals surface area contributed by atoms with Gasteiger partial charge in [0.25, 0.3) is 0 Å². The average molecular weight is 428 g/mol. The Morgan fingerprint density at radius 1 is 0.455 bits per heavy atom. The van der Waals surface area contributed by atoms with Crippen molar-refractivity contribution in [1.29, 1.82) is 0 Å². The van der Waals surface area contributed by atoms with Gasteiger partial charge >= 0.3 is 0 Å². The lowest BCUT2D eigenvalue weighted by molar-refractivity contribution is 1.11. The SMILES string of the molecule is Cc1cccc(C)c1N(c1cccc(-c2ccccc2)n1)c1cccc(-c2ccccc2)n1. The fourth-order valence-electron chi connectivity index (χ4n) is 4.14. The summed E-state index contributed by atoms with van der Waals surface area (Å²) in [6, 6.07) is 39.2. The van der Waals surface area contributed by atoms with Crippen LogP contribution in [0.25, 0.3) is 22.5 Å². The molecule has 160 valence electrons. The molecule has 0 spiro atoms. The number of hydrogen-bond donors (Lipinski definition) is 0. The molecule has 2 aromatic heterocycles. The third kappa shape index (κ3) is 4.26. The van der Waals surface area contributed by atoms with Gasteiger partial charge < -0.3 is 0 Å². The minimum absolute atomic E-state index is 0.839. The first kappa shape index (κ1) is 20.7. The first-order valence-electron chi connectivity index (χ1n) is 11.1. The van der Waals surface area contributed by atoms with E-state index in [1.165, 1.54) is 11.1 Å². The summed E-state index contributed by atoms with van der Waals surface area (Å²) in [5, 5.41) is 0. The van der Waals surface area contributed by atoms with Gasteiger partial charge in [0.15, 0.2) is 0 Å². The first-order valence-corrected chi connectivity index (χ1v) is 11.1. The van der Waals surface area contributed by atoms with E-state index in [1.807, 2.05) is 36.4 Å². The highest BCUT2D eigenvalue weighted by atomic mass is 15.2. The number of hydrogen-bond acceptors (Lipinski definition) is 3. The molecular weight excluding hydrogens is 402 g/mol. The van der Waals surface area contributed by atoms with Crippen molar-refractivity contribution in [1.82, 2.24) is 9.97 Å². The second-order valence-electron chi connectivity index (χ2n) is 8.07. The van der Waals surface area contributed by atoms with Crippen molar-refractivity contribution in [3.63, 3.8) is 0 Å². The minimum atomic E-state index is 0.839. The van der Waals surface area contributed by atoms with Gasteiger partial charge in [0, 0.05) is 11.1 Å². The summed E-state index contributed by atoms with van der Waals surface area (Å²) < 4.78 is 0. The number of para-hydroxylation sites is 1. The lowest BCUT2D eigenvalue weighted by Gasteiger charge is -2.27. The number of rotatable bonds is 5. The van der Waals surface area contributed by atoms with Gasteiger partial charge in [-0.25, -0.2) is 9.97 Å². The summed E-state index contributed by atoms with van der Waals surface area (Å²) in [7, 11) is 0. The van der Waals surface area contributed by atoms with Gasteiger partial charge in [-0.15, -0.1) is 0 Å². The lowest BCUT2D eigenvalue weighted by Crippen LogP contribution is -2.16. The fraction of sp³-hybridized carbons (Fsp3) is 0.0667. The van der Waals surface area contributed by atoms with Crippen molar-refractivity contribution in [2.75, 3.05) is 4.90 Å². The van der Waals surface area contributed by atoms with E-state index < -0.39 is 0 Å². The molecule has 3 heteroatoms. The number of nitrogens with zero attached hydrogens (tertiary/aromatic N) is 3. The molecule has 0 atom stereocenters. The Labute approximate surface area is 195 Å². The van der Waals surface area contributed by atoms with Gasteiger partial charge in [-0.05, 0) is 49.2 Å². The Morgan fingerprint density at radius 2 is 0.879 bits per heavy atom. The topological polar surface area (TPSA) is 29.0 Å². The van der Waals surface area contributed by atoms with Crippen LogP contribution in [0.1, 0.15) is 11.1 Å². The van der Waals surface area contributed by atoms with Crippen molar-refractivity contribution >= 4 is 17.3 Å². The van der Waals surface area contributed by atoms with Crippen molar-refractivity contribution in [3.8, 4) is 22.5 Å². The molecule has 0 saturated heterocycles. The van der Waals surface area contributed by atoms with E-state index in [0.717, 1.165) is 39.8 Å². The lowest BCUT2D eigenvalue weighted by atomic mass is 10.1. The Balaban J connectivity index is 1.70. The predicted octanol–water partition coefficient (Wildman–Crippen LogP) is 7.90. The molecule has 0 unspecified atom stereocenters.